The van der Waals surface area contributed by atoms with E-state index in [1.54, 1.807) is 24.9 Å². The van der Waals surface area contributed by atoms with Crippen molar-refractivity contribution in [3.63, 3.8) is 0 Å². The number of aromatic nitrogens is 2. The minimum absolute atomic E-state index is 0.189. The molecule has 0 aliphatic carbocycles. The van der Waals surface area contributed by atoms with Gasteiger partial charge in [0.1, 0.15) is 4.99 Å². The largest absolute Gasteiger partial charge is 0.417 e. The molecule has 0 aliphatic rings. The van der Waals surface area contributed by atoms with Crippen LogP contribution in [0.5, 0.6) is 0 Å². The zero-order valence-electron chi connectivity index (χ0n) is 11.3. The molecule has 2 aromatic rings. The maximum Gasteiger partial charge on any atom is 0.417 e. The first-order valence-corrected chi connectivity index (χ1v) is 6.37. The lowest BCUT2D eigenvalue weighted by molar-refractivity contribution is -0.137. The van der Waals surface area contributed by atoms with Gasteiger partial charge in [-0.05, 0) is 25.1 Å². The van der Waals surface area contributed by atoms with Crippen molar-refractivity contribution in [1.29, 1.82) is 0 Å². The lowest BCUT2D eigenvalue weighted by Crippen LogP contribution is -2.18. The van der Waals surface area contributed by atoms with Crippen molar-refractivity contribution < 1.29 is 13.2 Å². The van der Waals surface area contributed by atoms with E-state index in [4.69, 9.17) is 5.73 Å². The Balaban J connectivity index is 2.43. The number of anilines is 2. The smallest absolute Gasteiger partial charge is 0.389 e. The van der Waals surface area contributed by atoms with E-state index in [0.717, 1.165) is 6.07 Å². The van der Waals surface area contributed by atoms with Crippen molar-refractivity contribution >= 4 is 28.6 Å². The van der Waals surface area contributed by atoms with Crippen molar-refractivity contribution in [2.45, 2.75) is 13.1 Å². The molecule has 4 nitrogen and oxygen atoms in total. The SMILES string of the molecule is Cc1nn(C)cc1Nc1ccc(C(N)=S)c(C(F)(F)F)c1. The molecule has 1 heterocycles. The van der Waals surface area contributed by atoms with Gasteiger partial charge in [0, 0.05) is 24.5 Å². The molecule has 112 valence electrons. The Kier molecular flexibility index (Phi) is 3.91. The van der Waals surface area contributed by atoms with E-state index in [9.17, 15) is 13.2 Å². The van der Waals surface area contributed by atoms with Crippen LogP contribution in [0, 0.1) is 6.92 Å². The highest BCUT2D eigenvalue weighted by atomic mass is 32.1. The molecule has 0 amide bonds. The second kappa shape index (κ2) is 5.36. The molecule has 1 aromatic heterocycles. The van der Waals surface area contributed by atoms with Crippen LogP contribution in [0.3, 0.4) is 0 Å². The van der Waals surface area contributed by atoms with Gasteiger partial charge in [-0.15, -0.1) is 0 Å². The van der Waals surface area contributed by atoms with Gasteiger partial charge in [0.25, 0.3) is 0 Å². The van der Waals surface area contributed by atoms with Gasteiger partial charge in [0.2, 0.25) is 0 Å². The van der Waals surface area contributed by atoms with E-state index in [1.807, 2.05) is 0 Å². The van der Waals surface area contributed by atoms with Gasteiger partial charge in [-0.1, -0.05) is 12.2 Å². The Labute approximate surface area is 124 Å². The van der Waals surface area contributed by atoms with E-state index in [0.29, 0.717) is 17.1 Å². The Morgan fingerprint density at radius 2 is 2.05 bits per heavy atom. The van der Waals surface area contributed by atoms with Gasteiger partial charge >= 0.3 is 6.18 Å². The third-order valence-electron chi connectivity index (χ3n) is 2.88. The van der Waals surface area contributed by atoms with Crippen LogP contribution in [0.2, 0.25) is 0 Å². The predicted molar refractivity (Wildman–Crippen MR) is 78.6 cm³/mol. The third-order valence-corrected chi connectivity index (χ3v) is 3.10. The molecule has 0 unspecified atom stereocenters. The normalized spacial score (nSPS) is 11.5. The maximum absolute atomic E-state index is 13.1. The number of hydrogen-bond acceptors (Lipinski definition) is 3. The molecule has 0 bridgehead atoms. The highest BCUT2D eigenvalue weighted by molar-refractivity contribution is 7.80. The first kappa shape index (κ1) is 15.3. The highest BCUT2D eigenvalue weighted by Gasteiger charge is 2.34. The van der Waals surface area contributed by atoms with Gasteiger partial charge in [0.15, 0.2) is 0 Å². The number of hydrogen-bond donors (Lipinski definition) is 2. The van der Waals surface area contributed by atoms with Gasteiger partial charge < -0.3 is 11.1 Å². The van der Waals surface area contributed by atoms with Crippen molar-refractivity contribution in [2.75, 3.05) is 5.32 Å². The summed E-state index contributed by atoms with van der Waals surface area (Å²) in [6.07, 6.45) is -2.84. The van der Waals surface area contributed by atoms with Gasteiger partial charge in [-0.3, -0.25) is 4.68 Å². The van der Waals surface area contributed by atoms with Crippen LogP contribution in [0.15, 0.2) is 24.4 Å². The highest BCUT2D eigenvalue weighted by Crippen LogP contribution is 2.34. The average Bonchev–Trinajstić information content (AvgIpc) is 2.66. The van der Waals surface area contributed by atoms with Gasteiger partial charge in [0.05, 0.1) is 16.9 Å². The Bertz CT molecular complexity index is 691. The van der Waals surface area contributed by atoms with E-state index in [1.165, 1.54) is 12.1 Å². The second-order valence-corrected chi connectivity index (χ2v) is 4.99. The topological polar surface area (TPSA) is 55.9 Å². The van der Waals surface area contributed by atoms with Gasteiger partial charge in [-0.25, -0.2) is 0 Å². The molecule has 2 rings (SSSR count). The van der Waals surface area contributed by atoms with E-state index >= 15 is 0 Å². The molecule has 0 spiro atoms. The number of halogens is 3. The number of benzene rings is 1. The number of alkyl halides is 3. The summed E-state index contributed by atoms with van der Waals surface area (Å²) in [6.45, 7) is 1.76. The summed E-state index contributed by atoms with van der Waals surface area (Å²) in [7, 11) is 1.73. The number of nitrogens with zero attached hydrogens (tertiary/aromatic N) is 2. The lowest BCUT2D eigenvalue weighted by Gasteiger charge is -2.14. The molecule has 0 radical (unpaired) electrons. The summed E-state index contributed by atoms with van der Waals surface area (Å²) in [4.78, 5) is -0.286. The Morgan fingerprint density at radius 3 is 2.52 bits per heavy atom. The van der Waals surface area contributed by atoms with Crippen LogP contribution in [0.1, 0.15) is 16.8 Å². The molecule has 21 heavy (non-hydrogen) atoms. The number of thiocarbonyl (C=S) groups is 1. The summed E-state index contributed by atoms with van der Waals surface area (Å²) in [5.74, 6) is 0. The lowest BCUT2D eigenvalue weighted by atomic mass is 10.1. The summed E-state index contributed by atoms with van der Waals surface area (Å²) < 4.78 is 40.7. The van der Waals surface area contributed by atoms with Crippen molar-refractivity contribution in [3.8, 4) is 0 Å². The van der Waals surface area contributed by atoms with E-state index in [2.05, 4.69) is 22.6 Å². The summed E-state index contributed by atoms with van der Waals surface area (Å²) >= 11 is 4.66. The maximum atomic E-state index is 13.1. The molecule has 0 saturated heterocycles. The fourth-order valence-electron chi connectivity index (χ4n) is 1.95. The van der Waals surface area contributed by atoms with Crippen molar-refractivity contribution in [1.82, 2.24) is 9.78 Å². The minimum Gasteiger partial charge on any atom is -0.389 e. The minimum atomic E-state index is -4.53. The molecule has 3 N–H and O–H groups in total. The first-order valence-electron chi connectivity index (χ1n) is 5.97. The predicted octanol–water partition coefficient (Wildman–Crippen LogP) is 3.13. The second-order valence-electron chi connectivity index (χ2n) is 4.55. The molecule has 0 atom stereocenters. The average molecular weight is 314 g/mol. The number of rotatable bonds is 3. The third kappa shape index (κ3) is 3.33. The van der Waals surface area contributed by atoms with Crippen LogP contribution < -0.4 is 11.1 Å². The summed E-state index contributed by atoms with van der Waals surface area (Å²) in [6, 6.07) is 3.75. The van der Waals surface area contributed by atoms with Crippen molar-refractivity contribution in [3.05, 3.63) is 41.2 Å². The number of nitrogens with one attached hydrogen (secondary N) is 1. The number of aryl methyl sites for hydroxylation is 2. The van der Waals surface area contributed by atoms with Gasteiger partial charge in [-0.2, -0.15) is 18.3 Å². The monoisotopic (exact) mass is 314 g/mol. The quantitative estimate of drug-likeness (QED) is 0.855. The zero-order chi connectivity index (χ0) is 15.8. The summed E-state index contributed by atoms with van der Waals surface area (Å²) in [5, 5.41) is 7.02. The summed E-state index contributed by atoms with van der Waals surface area (Å²) in [5.41, 5.74) is 5.90. The molecule has 0 aliphatic heterocycles. The Hall–Kier alpha value is -2.09. The fraction of sp³-hybridized carbons (Fsp3) is 0.231. The zero-order valence-corrected chi connectivity index (χ0v) is 12.1. The fourth-order valence-corrected chi connectivity index (χ4v) is 2.13. The standard InChI is InChI=1S/C13H13F3N4S/c1-7-11(6-20(2)19-7)18-8-3-4-9(12(17)21)10(5-8)13(14,15)16/h3-6,18H,1-2H3,(H2,17,21). The molecule has 0 fully saturated rings. The molecule has 0 saturated carbocycles. The van der Waals surface area contributed by atoms with E-state index in [-0.39, 0.29) is 10.6 Å². The Morgan fingerprint density at radius 1 is 1.38 bits per heavy atom. The molecule has 8 heteroatoms. The van der Waals surface area contributed by atoms with Crippen LogP contribution in [0.25, 0.3) is 0 Å². The van der Waals surface area contributed by atoms with E-state index < -0.39 is 11.7 Å². The molecular weight excluding hydrogens is 301 g/mol. The molecular formula is C13H13F3N4S. The molecule has 1 aromatic carbocycles. The van der Waals surface area contributed by atoms with Crippen LogP contribution >= 0.6 is 12.2 Å². The van der Waals surface area contributed by atoms with Crippen molar-refractivity contribution in [2.24, 2.45) is 12.8 Å². The number of nitrogens with two attached hydrogens (primary N) is 1. The van der Waals surface area contributed by atoms with Crippen LogP contribution in [-0.2, 0) is 13.2 Å². The van der Waals surface area contributed by atoms with Crippen LogP contribution in [-0.4, -0.2) is 14.8 Å². The first-order chi connectivity index (χ1) is 9.68. The van der Waals surface area contributed by atoms with Crippen LogP contribution in [0.4, 0.5) is 24.5 Å².